The lowest BCUT2D eigenvalue weighted by Crippen LogP contribution is -2.41. The van der Waals surface area contributed by atoms with E-state index >= 15 is 0 Å². The summed E-state index contributed by atoms with van der Waals surface area (Å²) in [6.07, 6.45) is 2.92. The van der Waals surface area contributed by atoms with E-state index in [2.05, 4.69) is 63.3 Å². The van der Waals surface area contributed by atoms with Crippen molar-refractivity contribution in [3.05, 3.63) is 64.1 Å². The number of nitrogens with zero attached hydrogens (tertiary/aromatic N) is 2. The van der Waals surface area contributed by atoms with Gasteiger partial charge in [0.15, 0.2) is 0 Å². The number of carbonyl (C=O) groups is 1. The molecule has 2 aliphatic rings. The predicted molar refractivity (Wildman–Crippen MR) is 105 cm³/mol. The second kappa shape index (κ2) is 7.30. The molecule has 2 heterocycles. The van der Waals surface area contributed by atoms with Gasteiger partial charge in [-0.15, -0.1) is 0 Å². The summed E-state index contributed by atoms with van der Waals surface area (Å²) in [7, 11) is 0. The van der Waals surface area contributed by atoms with Gasteiger partial charge >= 0.3 is 0 Å². The zero-order chi connectivity index (χ0) is 17.2. The number of hydrogen-bond acceptors (Lipinski definition) is 2. The smallest absolute Gasteiger partial charge is 0.230 e. The standard InChI is InChI=1S/C21H23BrN2O/c22-19-6-3-4-16(14-19)15-23-11-8-18(9-12-23)21(25)24-13-10-17-5-1-2-7-20(17)24/h1-7,14,18H,8-13,15H2. The Morgan fingerprint density at radius 2 is 1.84 bits per heavy atom. The Labute approximate surface area is 157 Å². The van der Waals surface area contributed by atoms with Crippen molar-refractivity contribution in [2.75, 3.05) is 24.5 Å². The largest absolute Gasteiger partial charge is 0.312 e. The van der Waals surface area contributed by atoms with Crippen LogP contribution < -0.4 is 4.90 Å². The van der Waals surface area contributed by atoms with Crippen LogP contribution in [0.2, 0.25) is 0 Å². The molecule has 0 atom stereocenters. The lowest BCUT2D eigenvalue weighted by molar-refractivity contribution is -0.123. The Balaban J connectivity index is 1.35. The minimum absolute atomic E-state index is 0.171. The summed E-state index contributed by atoms with van der Waals surface area (Å²) in [6, 6.07) is 16.8. The van der Waals surface area contributed by atoms with Crippen LogP contribution in [-0.2, 0) is 17.8 Å². The second-order valence-corrected chi connectivity index (χ2v) is 7.96. The molecule has 4 rings (SSSR count). The highest BCUT2D eigenvalue weighted by Gasteiger charge is 2.32. The number of anilines is 1. The lowest BCUT2D eigenvalue weighted by Gasteiger charge is -2.33. The predicted octanol–water partition coefficient (Wildman–Crippen LogP) is 4.25. The van der Waals surface area contributed by atoms with Crippen LogP contribution in [0.5, 0.6) is 0 Å². The third-order valence-electron chi connectivity index (χ3n) is 5.39. The molecular weight excluding hydrogens is 376 g/mol. The number of benzene rings is 2. The number of hydrogen-bond donors (Lipinski definition) is 0. The first-order valence-corrected chi connectivity index (χ1v) is 9.86. The van der Waals surface area contributed by atoms with Gasteiger partial charge in [-0.05, 0) is 61.7 Å². The summed E-state index contributed by atoms with van der Waals surface area (Å²) in [5, 5.41) is 0. The number of likely N-dealkylation sites (tertiary alicyclic amines) is 1. The molecular formula is C21H23BrN2O. The van der Waals surface area contributed by atoms with E-state index in [4.69, 9.17) is 0 Å². The Kier molecular flexibility index (Phi) is 4.91. The molecule has 0 bridgehead atoms. The van der Waals surface area contributed by atoms with Gasteiger partial charge in [0.25, 0.3) is 0 Å². The van der Waals surface area contributed by atoms with Crippen molar-refractivity contribution >= 4 is 27.5 Å². The summed E-state index contributed by atoms with van der Waals surface area (Å²) in [5.41, 5.74) is 3.76. The molecule has 0 unspecified atom stereocenters. The first-order chi connectivity index (χ1) is 12.2. The van der Waals surface area contributed by atoms with Crippen molar-refractivity contribution in [3.63, 3.8) is 0 Å². The van der Waals surface area contributed by atoms with Crippen LogP contribution in [-0.4, -0.2) is 30.4 Å². The van der Waals surface area contributed by atoms with E-state index in [9.17, 15) is 4.79 Å². The molecule has 2 aromatic carbocycles. The van der Waals surface area contributed by atoms with E-state index in [1.54, 1.807) is 0 Å². The molecule has 0 spiro atoms. The number of fused-ring (bicyclic) bond motifs is 1. The Morgan fingerprint density at radius 3 is 2.64 bits per heavy atom. The van der Waals surface area contributed by atoms with E-state index in [0.717, 1.165) is 55.6 Å². The zero-order valence-electron chi connectivity index (χ0n) is 14.3. The maximum atomic E-state index is 13.0. The van der Waals surface area contributed by atoms with Crippen molar-refractivity contribution < 1.29 is 4.79 Å². The van der Waals surface area contributed by atoms with Gasteiger partial charge in [-0.2, -0.15) is 0 Å². The Bertz CT molecular complexity index is 768. The van der Waals surface area contributed by atoms with E-state index in [1.165, 1.54) is 11.1 Å². The summed E-state index contributed by atoms with van der Waals surface area (Å²) in [4.78, 5) is 17.5. The van der Waals surface area contributed by atoms with E-state index in [1.807, 2.05) is 11.0 Å². The molecule has 0 aromatic heterocycles. The quantitative estimate of drug-likeness (QED) is 0.771. The van der Waals surface area contributed by atoms with Crippen LogP contribution in [0.25, 0.3) is 0 Å². The molecule has 0 aliphatic carbocycles. The van der Waals surface area contributed by atoms with E-state index in [-0.39, 0.29) is 5.92 Å². The van der Waals surface area contributed by atoms with Gasteiger partial charge in [-0.3, -0.25) is 9.69 Å². The van der Waals surface area contributed by atoms with Crippen LogP contribution in [0.4, 0.5) is 5.69 Å². The van der Waals surface area contributed by atoms with Gasteiger partial charge in [0.1, 0.15) is 0 Å². The van der Waals surface area contributed by atoms with E-state index in [0.29, 0.717) is 5.91 Å². The van der Waals surface area contributed by atoms with Crippen LogP contribution in [0, 0.1) is 5.92 Å². The topological polar surface area (TPSA) is 23.6 Å². The van der Waals surface area contributed by atoms with Gasteiger partial charge in [0.05, 0.1) is 0 Å². The molecule has 130 valence electrons. The number of carbonyl (C=O) groups excluding carboxylic acids is 1. The first kappa shape index (κ1) is 16.8. The summed E-state index contributed by atoms with van der Waals surface area (Å²) in [6.45, 7) is 3.81. The van der Waals surface area contributed by atoms with E-state index < -0.39 is 0 Å². The summed E-state index contributed by atoms with van der Waals surface area (Å²) in [5.74, 6) is 0.497. The molecule has 2 aliphatic heterocycles. The fourth-order valence-corrected chi connectivity index (χ4v) is 4.47. The van der Waals surface area contributed by atoms with Crippen LogP contribution in [0.15, 0.2) is 53.0 Å². The van der Waals surface area contributed by atoms with Gasteiger partial charge < -0.3 is 4.90 Å². The number of amides is 1. The van der Waals surface area contributed by atoms with Crippen LogP contribution in [0.1, 0.15) is 24.0 Å². The fourth-order valence-electron chi connectivity index (χ4n) is 4.02. The zero-order valence-corrected chi connectivity index (χ0v) is 15.9. The second-order valence-electron chi connectivity index (χ2n) is 7.05. The minimum atomic E-state index is 0.171. The molecule has 1 amide bonds. The third kappa shape index (κ3) is 3.65. The summed E-state index contributed by atoms with van der Waals surface area (Å²) < 4.78 is 1.13. The highest BCUT2D eigenvalue weighted by molar-refractivity contribution is 9.10. The number of halogens is 1. The molecule has 1 saturated heterocycles. The number of para-hydroxylation sites is 1. The highest BCUT2D eigenvalue weighted by atomic mass is 79.9. The van der Waals surface area contributed by atoms with Gasteiger partial charge in [0, 0.05) is 29.2 Å². The van der Waals surface area contributed by atoms with Crippen molar-refractivity contribution in [3.8, 4) is 0 Å². The lowest BCUT2D eigenvalue weighted by atomic mass is 9.95. The normalized spacial score (nSPS) is 18.4. The summed E-state index contributed by atoms with van der Waals surface area (Å²) >= 11 is 3.54. The highest BCUT2D eigenvalue weighted by Crippen LogP contribution is 2.31. The molecule has 2 aromatic rings. The van der Waals surface area contributed by atoms with Crippen molar-refractivity contribution in [1.82, 2.24) is 4.90 Å². The van der Waals surface area contributed by atoms with Crippen molar-refractivity contribution in [2.45, 2.75) is 25.8 Å². The number of piperidine rings is 1. The molecule has 0 saturated carbocycles. The molecule has 0 N–H and O–H groups in total. The van der Waals surface area contributed by atoms with Crippen LogP contribution in [0.3, 0.4) is 0 Å². The Morgan fingerprint density at radius 1 is 1.04 bits per heavy atom. The monoisotopic (exact) mass is 398 g/mol. The molecule has 25 heavy (non-hydrogen) atoms. The number of rotatable bonds is 3. The van der Waals surface area contributed by atoms with Crippen molar-refractivity contribution in [1.29, 1.82) is 0 Å². The molecule has 3 nitrogen and oxygen atoms in total. The maximum absolute atomic E-state index is 13.0. The average Bonchev–Trinajstić information content (AvgIpc) is 3.06. The Hall–Kier alpha value is -1.65. The van der Waals surface area contributed by atoms with Gasteiger partial charge in [0.2, 0.25) is 5.91 Å². The first-order valence-electron chi connectivity index (χ1n) is 9.07. The average molecular weight is 399 g/mol. The van der Waals surface area contributed by atoms with Crippen molar-refractivity contribution in [2.24, 2.45) is 5.92 Å². The fraction of sp³-hybridized carbons (Fsp3) is 0.381. The third-order valence-corrected chi connectivity index (χ3v) is 5.88. The van der Waals surface area contributed by atoms with Crippen LogP contribution >= 0.6 is 15.9 Å². The van der Waals surface area contributed by atoms with Gasteiger partial charge in [-0.25, -0.2) is 0 Å². The SMILES string of the molecule is O=C(C1CCN(Cc2cccc(Br)c2)CC1)N1CCc2ccccc21. The maximum Gasteiger partial charge on any atom is 0.230 e. The molecule has 0 radical (unpaired) electrons. The minimum Gasteiger partial charge on any atom is -0.312 e. The molecule has 1 fully saturated rings. The van der Waals surface area contributed by atoms with Gasteiger partial charge in [-0.1, -0.05) is 46.3 Å². The molecule has 4 heteroatoms.